The summed E-state index contributed by atoms with van der Waals surface area (Å²) in [7, 11) is -3.71. The normalized spacial score (nSPS) is 11.4. The molecule has 0 bridgehead atoms. The van der Waals surface area contributed by atoms with E-state index >= 15 is 0 Å². The third-order valence-electron chi connectivity index (χ3n) is 3.77. The van der Waals surface area contributed by atoms with Gasteiger partial charge in [0.2, 0.25) is 10.0 Å². The number of benzene rings is 2. The molecule has 0 aromatic heterocycles. The van der Waals surface area contributed by atoms with Gasteiger partial charge in [-0.15, -0.1) is 0 Å². The van der Waals surface area contributed by atoms with E-state index in [4.69, 9.17) is 9.88 Å². The van der Waals surface area contributed by atoms with Crippen molar-refractivity contribution >= 4 is 15.9 Å². The van der Waals surface area contributed by atoms with Crippen molar-refractivity contribution in [2.45, 2.75) is 31.7 Å². The largest absolute Gasteiger partial charge is 0.494 e. The number of sulfonamides is 1. The fraction of sp³-hybridized carbons (Fsp3) is 0.316. The van der Waals surface area contributed by atoms with Crippen LogP contribution in [0.25, 0.3) is 0 Å². The van der Waals surface area contributed by atoms with Crippen molar-refractivity contribution in [1.82, 2.24) is 5.32 Å². The Morgan fingerprint density at radius 3 is 2.46 bits per heavy atom. The van der Waals surface area contributed by atoms with Crippen LogP contribution >= 0.6 is 0 Å². The lowest BCUT2D eigenvalue weighted by Gasteiger charge is -2.10. The lowest BCUT2D eigenvalue weighted by atomic mass is 10.1. The number of nitrogens with two attached hydrogens (primary N) is 1. The minimum atomic E-state index is -3.71. The summed E-state index contributed by atoms with van der Waals surface area (Å²) in [6.07, 6.45) is 0.949. The molecule has 0 atom stereocenters. The van der Waals surface area contributed by atoms with Crippen molar-refractivity contribution in [1.29, 1.82) is 0 Å². The Kier molecular flexibility index (Phi) is 6.76. The maximum atomic E-state index is 12.3. The van der Waals surface area contributed by atoms with Crippen LogP contribution in [-0.2, 0) is 16.6 Å². The van der Waals surface area contributed by atoms with E-state index in [1.165, 1.54) is 12.1 Å². The van der Waals surface area contributed by atoms with Crippen molar-refractivity contribution in [2.24, 2.45) is 11.1 Å². The molecule has 0 spiro atoms. The number of carbonyl (C=O) groups excluding carboxylic acids is 1. The molecule has 2 aromatic carbocycles. The second-order valence-corrected chi connectivity index (χ2v) is 7.99. The van der Waals surface area contributed by atoms with Gasteiger partial charge < -0.3 is 10.1 Å². The van der Waals surface area contributed by atoms with Crippen LogP contribution in [0.4, 0.5) is 0 Å². The zero-order valence-corrected chi connectivity index (χ0v) is 15.8. The van der Waals surface area contributed by atoms with E-state index in [1.807, 2.05) is 6.07 Å². The Labute approximate surface area is 154 Å². The molecule has 0 saturated carbocycles. The first-order valence-electron chi connectivity index (χ1n) is 8.38. The van der Waals surface area contributed by atoms with Gasteiger partial charge in [0.1, 0.15) is 5.75 Å². The Morgan fingerprint density at radius 2 is 1.85 bits per heavy atom. The van der Waals surface area contributed by atoms with E-state index in [0.29, 0.717) is 23.8 Å². The SMILES string of the molecule is CC(C)CCOc1cccc(C(=O)NCc2ccc(S(N)(=O)=O)cc2)c1. The summed E-state index contributed by atoms with van der Waals surface area (Å²) in [5.41, 5.74) is 1.28. The summed E-state index contributed by atoms with van der Waals surface area (Å²) in [4.78, 5) is 12.3. The molecular weight excluding hydrogens is 352 g/mol. The van der Waals surface area contributed by atoms with Crippen LogP contribution in [0.1, 0.15) is 36.2 Å². The van der Waals surface area contributed by atoms with E-state index in [2.05, 4.69) is 19.2 Å². The topological polar surface area (TPSA) is 98.5 Å². The monoisotopic (exact) mass is 376 g/mol. The molecule has 2 rings (SSSR count). The van der Waals surface area contributed by atoms with Crippen molar-refractivity contribution in [3.05, 3.63) is 59.7 Å². The molecule has 0 unspecified atom stereocenters. The fourth-order valence-corrected chi connectivity index (χ4v) is 2.74. The summed E-state index contributed by atoms with van der Waals surface area (Å²) in [5, 5.41) is 7.86. The fourth-order valence-electron chi connectivity index (χ4n) is 2.22. The second-order valence-electron chi connectivity index (χ2n) is 6.43. The lowest BCUT2D eigenvalue weighted by Crippen LogP contribution is -2.22. The Morgan fingerprint density at radius 1 is 1.15 bits per heavy atom. The highest BCUT2D eigenvalue weighted by molar-refractivity contribution is 7.89. The zero-order valence-electron chi connectivity index (χ0n) is 14.9. The quantitative estimate of drug-likeness (QED) is 0.740. The van der Waals surface area contributed by atoms with Gasteiger partial charge in [0.15, 0.2) is 0 Å². The van der Waals surface area contributed by atoms with Gasteiger partial charge in [-0.05, 0) is 48.2 Å². The first kappa shape index (κ1) is 19.9. The summed E-state index contributed by atoms with van der Waals surface area (Å²) in [6, 6.07) is 13.1. The van der Waals surface area contributed by atoms with Crippen LogP contribution in [0, 0.1) is 5.92 Å². The van der Waals surface area contributed by atoms with Crippen LogP contribution in [0.3, 0.4) is 0 Å². The third kappa shape index (κ3) is 6.16. The maximum absolute atomic E-state index is 12.3. The first-order chi connectivity index (χ1) is 12.3. The highest BCUT2D eigenvalue weighted by Crippen LogP contribution is 2.15. The molecule has 7 heteroatoms. The third-order valence-corrected chi connectivity index (χ3v) is 4.69. The molecule has 0 aliphatic carbocycles. The molecule has 2 aromatic rings. The zero-order chi connectivity index (χ0) is 19.2. The van der Waals surface area contributed by atoms with Crippen molar-refractivity contribution in [3.8, 4) is 5.75 Å². The highest BCUT2D eigenvalue weighted by Gasteiger charge is 2.09. The predicted octanol–water partition coefficient (Wildman–Crippen LogP) is 2.69. The van der Waals surface area contributed by atoms with Gasteiger partial charge in [-0.2, -0.15) is 0 Å². The van der Waals surface area contributed by atoms with Crippen LogP contribution in [0.2, 0.25) is 0 Å². The number of carbonyl (C=O) groups is 1. The molecule has 1 amide bonds. The molecular formula is C19H24N2O4S. The smallest absolute Gasteiger partial charge is 0.251 e. The molecule has 3 N–H and O–H groups in total. The van der Waals surface area contributed by atoms with E-state index < -0.39 is 10.0 Å². The molecule has 0 heterocycles. The van der Waals surface area contributed by atoms with Crippen molar-refractivity contribution in [2.75, 3.05) is 6.61 Å². The summed E-state index contributed by atoms with van der Waals surface area (Å²) in [6.45, 7) is 5.15. The van der Waals surface area contributed by atoms with E-state index in [-0.39, 0.29) is 17.3 Å². The van der Waals surface area contributed by atoms with E-state index in [9.17, 15) is 13.2 Å². The lowest BCUT2D eigenvalue weighted by molar-refractivity contribution is 0.0950. The summed E-state index contributed by atoms with van der Waals surface area (Å²) < 4.78 is 28.1. The molecule has 140 valence electrons. The molecule has 26 heavy (non-hydrogen) atoms. The van der Waals surface area contributed by atoms with Gasteiger partial charge >= 0.3 is 0 Å². The van der Waals surface area contributed by atoms with Crippen molar-refractivity contribution in [3.63, 3.8) is 0 Å². The number of amides is 1. The van der Waals surface area contributed by atoms with Gasteiger partial charge in [-0.25, -0.2) is 13.6 Å². The number of primary sulfonamides is 1. The van der Waals surface area contributed by atoms with Crippen LogP contribution < -0.4 is 15.2 Å². The number of rotatable bonds is 8. The second kappa shape index (κ2) is 8.82. The number of hydrogen-bond acceptors (Lipinski definition) is 4. The standard InChI is InChI=1S/C19H24N2O4S/c1-14(2)10-11-25-17-5-3-4-16(12-17)19(22)21-13-15-6-8-18(9-7-15)26(20,23)24/h3-9,12,14H,10-11,13H2,1-2H3,(H,21,22)(H2,20,23,24). The predicted molar refractivity (Wildman–Crippen MR) is 100 cm³/mol. The van der Waals surface area contributed by atoms with Gasteiger partial charge in [-0.3, -0.25) is 4.79 Å². The maximum Gasteiger partial charge on any atom is 0.251 e. The number of hydrogen-bond donors (Lipinski definition) is 2. The van der Waals surface area contributed by atoms with Gasteiger partial charge in [0.05, 0.1) is 11.5 Å². The first-order valence-corrected chi connectivity index (χ1v) is 9.93. The summed E-state index contributed by atoms with van der Waals surface area (Å²) in [5.74, 6) is 0.993. The van der Waals surface area contributed by atoms with E-state index in [0.717, 1.165) is 12.0 Å². The Balaban J connectivity index is 1.93. The molecule has 0 aliphatic rings. The molecule has 0 radical (unpaired) electrons. The Hall–Kier alpha value is -2.38. The molecule has 0 aliphatic heterocycles. The average molecular weight is 376 g/mol. The Bertz CT molecular complexity index is 846. The van der Waals surface area contributed by atoms with Crippen LogP contribution in [0.15, 0.2) is 53.4 Å². The van der Waals surface area contributed by atoms with Gasteiger partial charge in [0, 0.05) is 12.1 Å². The summed E-state index contributed by atoms with van der Waals surface area (Å²) >= 11 is 0. The minimum absolute atomic E-state index is 0.0406. The van der Waals surface area contributed by atoms with Crippen LogP contribution in [0.5, 0.6) is 5.75 Å². The average Bonchev–Trinajstić information content (AvgIpc) is 2.59. The van der Waals surface area contributed by atoms with Gasteiger partial charge in [-0.1, -0.05) is 32.0 Å². The van der Waals surface area contributed by atoms with Crippen LogP contribution in [-0.4, -0.2) is 20.9 Å². The minimum Gasteiger partial charge on any atom is -0.494 e. The number of ether oxygens (including phenoxy) is 1. The van der Waals surface area contributed by atoms with Crippen molar-refractivity contribution < 1.29 is 17.9 Å². The number of nitrogens with one attached hydrogen (secondary N) is 1. The molecule has 0 saturated heterocycles. The van der Waals surface area contributed by atoms with E-state index in [1.54, 1.807) is 30.3 Å². The highest BCUT2D eigenvalue weighted by atomic mass is 32.2. The molecule has 0 fully saturated rings. The van der Waals surface area contributed by atoms with Gasteiger partial charge in [0.25, 0.3) is 5.91 Å². The molecule has 6 nitrogen and oxygen atoms in total.